The van der Waals surface area contributed by atoms with Crippen LogP contribution in [0.5, 0.6) is 5.75 Å². The molecule has 0 unspecified atom stereocenters. The first-order valence-electron chi connectivity index (χ1n) is 4.78. The highest BCUT2D eigenvalue weighted by atomic mass is 16.5. The largest absolute Gasteiger partial charge is 0.489 e. The SMILES string of the molecule is Cc1ccc(C)c2c1OCC=C2C(=O)O. The first kappa shape index (κ1) is 9.77. The molecule has 0 saturated carbocycles. The van der Waals surface area contributed by atoms with Crippen LogP contribution >= 0.6 is 0 Å². The number of benzene rings is 1. The number of carboxylic acid groups (broad SMARTS) is 1. The molecule has 0 atom stereocenters. The lowest BCUT2D eigenvalue weighted by Crippen LogP contribution is -2.12. The zero-order valence-corrected chi connectivity index (χ0v) is 8.70. The van der Waals surface area contributed by atoms with Gasteiger partial charge in [-0.15, -0.1) is 0 Å². The van der Waals surface area contributed by atoms with E-state index in [0.717, 1.165) is 11.1 Å². The summed E-state index contributed by atoms with van der Waals surface area (Å²) in [6, 6.07) is 3.86. The number of hydrogen-bond acceptors (Lipinski definition) is 2. The van der Waals surface area contributed by atoms with Crippen molar-refractivity contribution in [3.05, 3.63) is 34.9 Å². The van der Waals surface area contributed by atoms with Crippen LogP contribution in [0.25, 0.3) is 5.57 Å². The maximum absolute atomic E-state index is 11.1. The average molecular weight is 204 g/mol. The maximum Gasteiger partial charge on any atom is 0.336 e. The van der Waals surface area contributed by atoms with E-state index >= 15 is 0 Å². The highest BCUT2D eigenvalue weighted by Crippen LogP contribution is 2.35. The molecule has 0 aromatic heterocycles. The van der Waals surface area contributed by atoms with Gasteiger partial charge in [0.15, 0.2) is 0 Å². The third-order valence-electron chi connectivity index (χ3n) is 2.58. The molecule has 1 aliphatic heterocycles. The summed E-state index contributed by atoms with van der Waals surface area (Å²) in [6.07, 6.45) is 1.61. The van der Waals surface area contributed by atoms with Gasteiger partial charge >= 0.3 is 5.97 Å². The summed E-state index contributed by atoms with van der Waals surface area (Å²) in [5, 5.41) is 9.08. The lowest BCUT2D eigenvalue weighted by molar-refractivity contribution is -0.130. The van der Waals surface area contributed by atoms with Crippen LogP contribution in [-0.4, -0.2) is 17.7 Å². The maximum atomic E-state index is 11.1. The molecule has 1 aromatic rings. The van der Waals surface area contributed by atoms with E-state index in [1.54, 1.807) is 6.08 Å². The third-order valence-corrected chi connectivity index (χ3v) is 2.58. The van der Waals surface area contributed by atoms with Crippen molar-refractivity contribution in [3.8, 4) is 5.75 Å². The zero-order valence-electron chi connectivity index (χ0n) is 8.70. The molecule has 78 valence electrons. The molecule has 1 heterocycles. The molecule has 1 aliphatic rings. The Morgan fingerprint density at radius 1 is 1.33 bits per heavy atom. The molecule has 0 aliphatic carbocycles. The summed E-state index contributed by atoms with van der Waals surface area (Å²) in [6.45, 7) is 4.14. The lowest BCUT2D eigenvalue weighted by atomic mass is 9.95. The summed E-state index contributed by atoms with van der Waals surface area (Å²) < 4.78 is 5.48. The van der Waals surface area contributed by atoms with E-state index in [1.165, 1.54) is 0 Å². The van der Waals surface area contributed by atoms with Crippen LogP contribution in [-0.2, 0) is 4.79 Å². The summed E-state index contributed by atoms with van der Waals surface area (Å²) in [5.74, 6) is -0.192. The van der Waals surface area contributed by atoms with Gasteiger partial charge in [0.2, 0.25) is 0 Å². The van der Waals surface area contributed by atoms with Crippen molar-refractivity contribution in [2.45, 2.75) is 13.8 Å². The van der Waals surface area contributed by atoms with E-state index in [9.17, 15) is 4.79 Å². The van der Waals surface area contributed by atoms with Gasteiger partial charge < -0.3 is 9.84 Å². The summed E-state index contributed by atoms with van der Waals surface area (Å²) in [5.41, 5.74) is 2.97. The Balaban J connectivity index is 2.68. The highest BCUT2D eigenvalue weighted by molar-refractivity contribution is 6.17. The third kappa shape index (κ3) is 1.50. The number of aliphatic carboxylic acids is 1. The first-order valence-corrected chi connectivity index (χ1v) is 4.78. The highest BCUT2D eigenvalue weighted by Gasteiger charge is 2.22. The van der Waals surface area contributed by atoms with Crippen molar-refractivity contribution in [1.29, 1.82) is 0 Å². The van der Waals surface area contributed by atoms with Gasteiger partial charge in [0.1, 0.15) is 12.4 Å². The van der Waals surface area contributed by atoms with Crippen molar-refractivity contribution in [2.24, 2.45) is 0 Å². The topological polar surface area (TPSA) is 46.5 Å². The first-order chi connectivity index (χ1) is 7.11. The van der Waals surface area contributed by atoms with Gasteiger partial charge in [-0.2, -0.15) is 0 Å². The second-order valence-electron chi connectivity index (χ2n) is 3.64. The average Bonchev–Trinajstić information content (AvgIpc) is 2.23. The molecule has 2 rings (SSSR count). The van der Waals surface area contributed by atoms with E-state index in [1.807, 2.05) is 26.0 Å². The van der Waals surface area contributed by atoms with E-state index in [2.05, 4.69) is 0 Å². The van der Waals surface area contributed by atoms with Gasteiger partial charge in [-0.3, -0.25) is 0 Å². The number of aryl methyl sites for hydroxylation is 2. The standard InChI is InChI=1S/C12H12O3/c1-7-3-4-8(2)11-10(7)9(12(13)14)5-6-15-11/h3-5H,6H2,1-2H3,(H,13,14). The van der Waals surface area contributed by atoms with E-state index in [4.69, 9.17) is 9.84 Å². The van der Waals surface area contributed by atoms with Gasteiger partial charge in [-0.1, -0.05) is 12.1 Å². The number of carboxylic acids is 1. The van der Waals surface area contributed by atoms with Crippen molar-refractivity contribution in [3.63, 3.8) is 0 Å². The summed E-state index contributed by atoms with van der Waals surface area (Å²) in [7, 11) is 0. The summed E-state index contributed by atoms with van der Waals surface area (Å²) in [4.78, 5) is 11.1. The molecule has 0 amide bonds. The summed E-state index contributed by atoms with van der Waals surface area (Å²) >= 11 is 0. The van der Waals surface area contributed by atoms with Crippen LogP contribution in [0.4, 0.5) is 0 Å². The van der Waals surface area contributed by atoms with E-state index in [0.29, 0.717) is 23.5 Å². The lowest BCUT2D eigenvalue weighted by Gasteiger charge is -2.20. The van der Waals surface area contributed by atoms with Gasteiger partial charge in [-0.05, 0) is 31.1 Å². The van der Waals surface area contributed by atoms with Gasteiger partial charge in [0, 0.05) is 5.56 Å². The Kier molecular flexibility index (Phi) is 2.23. The minimum Gasteiger partial charge on any atom is -0.489 e. The van der Waals surface area contributed by atoms with Crippen molar-refractivity contribution >= 4 is 11.5 Å². The van der Waals surface area contributed by atoms with Gasteiger partial charge in [0.05, 0.1) is 5.57 Å². The van der Waals surface area contributed by atoms with Crippen molar-refractivity contribution < 1.29 is 14.6 Å². The molecule has 1 N–H and O–H groups in total. The minimum atomic E-state index is -0.895. The Hall–Kier alpha value is -1.77. The van der Waals surface area contributed by atoms with Crippen LogP contribution in [0.3, 0.4) is 0 Å². The molecule has 0 fully saturated rings. The monoisotopic (exact) mass is 204 g/mol. The second kappa shape index (κ2) is 3.42. The zero-order chi connectivity index (χ0) is 11.0. The smallest absolute Gasteiger partial charge is 0.336 e. The molecule has 15 heavy (non-hydrogen) atoms. The Morgan fingerprint density at radius 3 is 2.67 bits per heavy atom. The van der Waals surface area contributed by atoms with Crippen LogP contribution in [0.15, 0.2) is 18.2 Å². The quantitative estimate of drug-likeness (QED) is 0.762. The number of fused-ring (bicyclic) bond motifs is 1. The molecular formula is C12H12O3. The number of rotatable bonds is 1. The van der Waals surface area contributed by atoms with Gasteiger partial charge in [0.25, 0.3) is 0 Å². The van der Waals surface area contributed by atoms with Gasteiger partial charge in [-0.25, -0.2) is 4.79 Å². The molecule has 1 aromatic carbocycles. The normalized spacial score (nSPS) is 13.9. The number of ether oxygens (including phenoxy) is 1. The fourth-order valence-corrected chi connectivity index (χ4v) is 1.81. The predicted octanol–water partition coefficient (Wildman–Crippen LogP) is 2.16. The molecular weight excluding hydrogens is 192 g/mol. The number of hydrogen-bond donors (Lipinski definition) is 1. The molecule has 3 heteroatoms. The van der Waals surface area contributed by atoms with Crippen LogP contribution < -0.4 is 4.74 Å². The van der Waals surface area contributed by atoms with E-state index < -0.39 is 5.97 Å². The fourth-order valence-electron chi connectivity index (χ4n) is 1.81. The van der Waals surface area contributed by atoms with Crippen LogP contribution in [0, 0.1) is 13.8 Å². The second-order valence-corrected chi connectivity index (χ2v) is 3.64. The van der Waals surface area contributed by atoms with Crippen molar-refractivity contribution in [2.75, 3.05) is 6.61 Å². The van der Waals surface area contributed by atoms with E-state index in [-0.39, 0.29) is 0 Å². The fraction of sp³-hybridized carbons (Fsp3) is 0.250. The molecule has 3 nitrogen and oxygen atoms in total. The molecule has 0 saturated heterocycles. The van der Waals surface area contributed by atoms with Crippen LogP contribution in [0.1, 0.15) is 16.7 Å². The Labute approximate surface area is 88.0 Å². The Bertz CT molecular complexity index is 458. The number of carbonyl (C=O) groups is 1. The Morgan fingerprint density at radius 2 is 2.00 bits per heavy atom. The molecule has 0 spiro atoms. The minimum absolute atomic E-state index is 0.332. The predicted molar refractivity (Wildman–Crippen MR) is 57.0 cm³/mol. The van der Waals surface area contributed by atoms with Crippen LogP contribution in [0.2, 0.25) is 0 Å². The van der Waals surface area contributed by atoms with Crippen molar-refractivity contribution in [1.82, 2.24) is 0 Å². The molecule has 0 radical (unpaired) electrons. The molecule has 0 bridgehead atoms.